The second kappa shape index (κ2) is 5.78. The molecular weight excluding hydrogens is 312 g/mol. The van der Waals surface area contributed by atoms with Crippen LogP contribution in [-0.4, -0.2) is 31.8 Å². The minimum atomic E-state index is -1.28. The number of hydrogen-bond acceptors (Lipinski definition) is 4. The fourth-order valence-corrected chi connectivity index (χ4v) is 3.81. The SMILES string of the molecule is CCc1[nH]n(C)c(=O)c1C1C([O-])C(c2c(CC)[nH]n(C)c2=O)C1[O-]. The Labute approximate surface area is 138 Å². The van der Waals surface area contributed by atoms with Crippen molar-refractivity contribution in [1.82, 2.24) is 19.6 Å². The van der Waals surface area contributed by atoms with Crippen molar-refractivity contribution in [3.05, 3.63) is 43.2 Å². The first-order valence-corrected chi connectivity index (χ1v) is 8.20. The van der Waals surface area contributed by atoms with Crippen LogP contribution in [0.1, 0.15) is 48.2 Å². The number of hydrogen-bond donors (Lipinski definition) is 2. The Morgan fingerprint density at radius 2 is 1.17 bits per heavy atom. The number of H-pyrrole nitrogens is 2. The molecule has 1 fully saturated rings. The molecule has 2 heterocycles. The zero-order chi connectivity index (χ0) is 17.8. The maximum Gasteiger partial charge on any atom is 0.269 e. The van der Waals surface area contributed by atoms with Gasteiger partial charge in [-0.15, -0.1) is 12.2 Å². The highest BCUT2D eigenvalue weighted by atomic mass is 16.3. The Balaban J connectivity index is 2.03. The maximum atomic E-state index is 12.8. The zero-order valence-corrected chi connectivity index (χ0v) is 14.3. The topological polar surface area (TPSA) is 122 Å². The van der Waals surface area contributed by atoms with Crippen molar-refractivity contribution in [2.24, 2.45) is 14.1 Å². The van der Waals surface area contributed by atoms with E-state index in [1.807, 2.05) is 13.8 Å². The van der Waals surface area contributed by atoms with Crippen LogP contribution in [0.25, 0.3) is 0 Å². The van der Waals surface area contributed by atoms with Crippen molar-refractivity contribution >= 4 is 0 Å². The predicted molar refractivity (Wildman–Crippen MR) is 83.9 cm³/mol. The monoisotopic (exact) mass is 334 g/mol. The van der Waals surface area contributed by atoms with Crippen LogP contribution in [0.3, 0.4) is 0 Å². The van der Waals surface area contributed by atoms with Crippen LogP contribution < -0.4 is 21.3 Å². The second-order valence-electron chi connectivity index (χ2n) is 6.42. The normalized spacial score (nSPS) is 26.6. The summed E-state index contributed by atoms with van der Waals surface area (Å²) in [5.74, 6) is -1.81. The van der Waals surface area contributed by atoms with Crippen molar-refractivity contribution in [3.63, 3.8) is 0 Å². The molecule has 132 valence electrons. The predicted octanol–water partition coefficient (Wildman–Crippen LogP) is -1.80. The van der Waals surface area contributed by atoms with Crippen LogP contribution in [0, 0.1) is 0 Å². The smallest absolute Gasteiger partial charge is 0.269 e. The van der Waals surface area contributed by atoms with Gasteiger partial charge >= 0.3 is 0 Å². The molecule has 0 unspecified atom stereocenters. The minimum Gasteiger partial charge on any atom is -0.851 e. The Bertz CT molecular complexity index is 792. The molecule has 0 saturated heterocycles. The summed E-state index contributed by atoms with van der Waals surface area (Å²) in [6.45, 7) is 3.73. The molecule has 0 aliphatic heterocycles. The Morgan fingerprint density at radius 3 is 1.46 bits per heavy atom. The molecule has 8 nitrogen and oxygen atoms in total. The number of rotatable bonds is 4. The summed E-state index contributed by atoms with van der Waals surface area (Å²) in [7, 11) is 3.13. The Hall–Kier alpha value is -2.06. The number of nitrogens with one attached hydrogen (secondary N) is 2. The molecule has 0 radical (unpaired) electrons. The van der Waals surface area contributed by atoms with E-state index in [-0.39, 0.29) is 11.1 Å². The molecule has 0 aromatic carbocycles. The first-order chi connectivity index (χ1) is 11.3. The lowest BCUT2D eigenvalue weighted by atomic mass is 9.63. The molecular formula is C16H22N4O4-2. The van der Waals surface area contributed by atoms with Crippen LogP contribution in [-0.2, 0) is 26.9 Å². The summed E-state index contributed by atoms with van der Waals surface area (Å²) in [5.41, 5.74) is 1.20. The number of nitrogens with zero attached hydrogens (tertiary/aromatic N) is 2. The summed E-state index contributed by atoms with van der Waals surface area (Å²) in [6.07, 6.45) is -1.48. The van der Waals surface area contributed by atoms with Gasteiger partial charge in [0.15, 0.2) is 0 Å². The summed E-state index contributed by atoms with van der Waals surface area (Å²) < 4.78 is 2.60. The Morgan fingerprint density at radius 1 is 0.833 bits per heavy atom. The van der Waals surface area contributed by atoms with Crippen molar-refractivity contribution in [2.75, 3.05) is 0 Å². The molecule has 2 aromatic rings. The lowest BCUT2D eigenvalue weighted by molar-refractivity contribution is -0.536. The first-order valence-electron chi connectivity index (χ1n) is 8.20. The van der Waals surface area contributed by atoms with Crippen molar-refractivity contribution < 1.29 is 10.2 Å². The fraction of sp³-hybridized carbons (Fsp3) is 0.625. The lowest BCUT2D eigenvalue weighted by Gasteiger charge is -2.60. The lowest BCUT2D eigenvalue weighted by Crippen LogP contribution is -2.65. The molecule has 2 aromatic heterocycles. The van der Waals surface area contributed by atoms with Gasteiger partial charge in [-0.3, -0.25) is 29.2 Å². The van der Waals surface area contributed by atoms with Gasteiger partial charge in [-0.2, -0.15) is 0 Å². The van der Waals surface area contributed by atoms with E-state index < -0.39 is 24.0 Å². The van der Waals surface area contributed by atoms with E-state index in [1.54, 1.807) is 14.1 Å². The molecule has 8 heteroatoms. The van der Waals surface area contributed by atoms with Gasteiger partial charge in [0.1, 0.15) is 0 Å². The quantitative estimate of drug-likeness (QED) is 0.685. The van der Waals surface area contributed by atoms with E-state index in [2.05, 4.69) is 10.2 Å². The number of aromatic amines is 2. The third kappa shape index (κ3) is 2.13. The van der Waals surface area contributed by atoms with Crippen LogP contribution in [0.4, 0.5) is 0 Å². The summed E-state index contributed by atoms with van der Waals surface area (Å²) in [6, 6.07) is 0. The first kappa shape index (κ1) is 16.8. The maximum absolute atomic E-state index is 12.8. The molecule has 0 spiro atoms. The van der Waals surface area contributed by atoms with Crippen LogP contribution in [0.5, 0.6) is 0 Å². The van der Waals surface area contributed by atoms with E-state index in [4.69, 9.17) is 0 Å². The third-order valence-electron chi connectivity index (χ3n) is 5.12. The fourth-order valence-electron chi connectivity index (χ4n) is 3.81. The van der Waals surface area contributed by atoms with Crippen LogP contribution >= 0.6 is 0 Å². The van der Waals surface area contributed by atoms with E-state index >= 15 is 0 Å². The van der Waals surface area contributed by atoms with Gasteiger partial charge in [-0.1, -0.05) is 13.8 Å². The molecule has 1 aliphatic carbocycles. The molecule has 0 bridgehead atoms. The molecule has 2 N–H and O–H groups in total. The van der Waals surface area contributed by atoms with E-state index in [0.717, 1.165) is 0 Å². The van der Waals surface area contributed by atoms with Crippen LogP contribution in [0.15, 0.2) is 9.59 Å². The highest BCUT2D eigenvalue weighted by Gasteiger charge is 2.43. The highest BCUT2D eigenvalue weighted by molar-refractivity contribution is 5.37. The highest BCUT2D eigenvalue weighted by Crippen LogP contribution is 2.45. The van der Waals surface area contributed by atoms with Gasteiger partial charge < -0.3 is 10.2 Å². The minimum absolute atomic E-state index is 0.293. The van der Waals surface area contributed by atoms with Crippen molar-refractivity contribution in [1.29, 1.82) is 0 Å². The standard InChI is InChI=1S/C16H22N4O4/c1-5-7-9(15(23)19(3)17-7)11-13(21)12(14(11)22)10-8(6-2)18-20(4)16(10)24/h11-14,17-18H,5-6H2,1-4H3/q-2. The summed E-state index contributed by atoms with van der Waals surface area (Å²) in [4.78, 5) is 24.6. The number of aromatic nitrogens is 4. The average Bonchev–Trinajstić information content (AvgIpc) is 3.00. The molecule has 0 atom stereocenters. The van der Waals surface area contributed by atoms with Gasteiger partial charge in [-0.25, -0.2) is 0 Å². The van der Waals surface area contributed by atoms with E-state index in [0.29, 0.717) is 35.4 Å². The molecule has 0 amide bonds. The van der Waals surface area contributed by atoms with E-state index in [9.17, 15) is 19.8 Å². The summed E-state index contributed by atoms with van der Waals surface area (Å²) >= 11 is 0. The molecule has 24 heavy (non-hydrogen) atoms. The van der Waals surface area contributed by atoms with Crippen molar-refractivity contribution in [2.45, 2.75) is 50.7 Å². The third-order valence-corrected chi connectivity index (χ3v) is 5.12. The van der Waals surface area contributed by atoms with Gasteiger partial charge in [-0.05, 0) is 24.7 Å². The molecule has 1 aliphatic rings. The largest absolute Gasteiger partial charge is 0.851 e. The van der Waals surface area contributed by atoms with Gasteiger partial charge in [0.2, 0.25) is 0 Å². The van der Waals surface area contributed by atoms with Gasteiger partial charge in [0.25, 0.3) is 11.1 Å². The summed E-state index contributed by atoms with van der Waals surface area (Å²) in [5, 5.41) is 31.4. The second-order valence-corrected chi connectivity index (χ2v) is 6.42. The Kier molecular flexibility index (Phi) is 4.05. The van der Waals surface area contributed by atoms with Gasteiger partial charge in [0, 0.05) is 36.6 Å². The van der Waals surface area contributed by atoms with Crippen LogP contribution in [0.2, 0.25) is 0 Å². The average molecular weight is 334 g/mol. The molecule has 3 rings (SSSR count). The number of aryl methyl sites for hydroxylation is 4. The zero-order valence-electron chi connectivity index (χ0n) is 14.3. The van der Waals surface area contributed by atoms with E-state index in [1.165, 1.54) is 9.36 Å². The molecule has 1 saturated carbocycles. The van der Waals surface area contributed by atoms with Gasteiger partial charge in [0.05, 0.1) is 0 Å². The van der Waals surface area contributed by atoms with Crippen molar-refractivity contribution in [3.8, 4) is 0 Å².